The molecule has 4 aromatic rings. The zero-order valence-electron chi connectivity index (χ0n) is 17.4. The molecule has 2 amide bonds. The summed E-state index contributed by atoms with van der Waals surface area (Å²) in [7, 11) is 0. The van der Waals surface area contributed by atoms with Crippen molar-refractivity contribution in [3.8, 4) is 0 Å². The van der Waals surface area contributed by atoms with Crippen molar-refractivity contribution in [1.29, 1.82) is 0 Å². The first-order valence-electron chi connectivity index (χ1n) is 10.0. The summed E-state index contributed by atoms with van der Waals surface area (Å²) in [5.41, 5.74) is 6.55. The summed E-state index contributed by atoms with van der Waals surface area (Å²) in [6.45, 7) is 2.15. The number of amides is 2. The second-order valence-corrected chi connectivity index (χ2v) is 7.79. The van der Waals surface area contributed by atoms with E-state index in [0.29, 0.717) is 10.6 Å². The Morgan fingerprint density at radius 1 is 1.00 bits per heavy atom. The summed E-state index contributed by atoms with van der Waals surface area (Å²) in [6.07, 6.45) is 3.42. The summed E-state index contributed by atoms with van der Waals surface area (Å²) in [5, 5.41) is 8.49. The number of para-hydroxylation sites is 1. The molecule has 2 N–H and O–H groups in total. The van der Waals surface area contributed by atoms with Crippen molar-refractivity contribution in [2.24, 2.45) is 5.10 Å². The second kappa shape index (κ2) is 9.49. The molecule has 0 radical (unpaired) electrons. The minimum absolute atomic E-state index is 0.130. The number of carbonyl (C=O) groups is 2. The van der Waals surface area contributed by atoms with Crippen molar-refractivity contribution in [2.75, 3.05) is 5.32 Å². The smallest absolute Gasteiger partial charge is 0.271 e. The molecular formula is C25H21ClN4O2. The van der Waals surface area contributed by atoms with Crippen LogP contribution in [0, 0.1) is 6.92 Å². The van der Waals surface area contributed by atoms with Crippen LogP contribution in [0.5, 0.6) is 0 Å². The van der Waals surface area contributed by atoms with E-state index in [1.165, 1.54) is 0 Å². The van der Waals surface area contributed by atoms with Crippen LogP contribution in [0.15, 0.2) is 84.1 Å². The third kappa shape index (κ3) is 5.04. The molecule has 7 heteroatoms. The Hall–Kier alpha value is -3.90. The second-order valence-electron chi connectivity index (χ2n) is 7.35. The maximum absolute atomic E-state index is 12.6. The number of aryl methyl sites for hydroxylation is 1. The number of carbonyl (C=O) groups excluding carboxylic acids is 2. The van der Waals surface area contributed by atoms with Gasteiger partial charge < -0.3 is 9.88 Å². The molecule has 32 heavy (non-hydrogen) atoms. The summed E-state index contributed by atoms with van der Waals surface area (Å²) < 4.78 is 1.86. The third-order valence-corrected chi connectivity index (χ3v) is 5.20. The lowest BCUT2D eigenvalue weighted by Gasteiger charge is -2.07. The molecule has 0 aliphatic heterocycles. The Labute approximate surface area is 190 Å². The Balaban J connectivity index is 1.48. The molecule has 160 valence electrons. The number of anilines is 1. The van der Waals surface area contributed by atoms with Crippen molar-refractivity contribution in [3.63, 3.8) is 0 Å². The van der Waals surface area contributed by atoms with Crippen molar-refractivity contribution >= 4 is 46.2 Å². The van der Waals surface area contributed by atoms with Gasteiger partial charge in [0, 0.05) is 38.9 Å². The molecule has 6 nitrogen and oxygen atoms in total. The number of hydrazone groups is 1. The van der Waals surface area contributed by atoms with Crippen molar-refractivity contribution < 1.29 is 9.59 Å². The number of benzene rings is 3. The van der Waals surface area contributed by atoms with E-state index in [1.807, 2.05) is 66.2 Å². The predicted octanol–water partition coefficient (Wildman–Crippen LogP) is 5.01. The van der Waals surface area contributed by atoms with E-state index in [9.17, 15) is 9.59 Å². The van der Waals surface area contributed by atoms with Crippen molar-refractivity contribution in [1.82, 2.24) is 9.99 Å². The molecular weight excluding hydrogens is 424 g/mol. The molecule has 0 saturated heterocycles. The predicted molar refractivity (Wildman–Crippen MR) is 128 cm³/mol. The number of fused-ring (bicyclic) bond motifs is 1. The summed E-state index contributed by atoms with van der Waals surface area (Å²) in [5.74, 6) is -0.465. The number of rotatable bonds is 6. The first kappa shape index (κ1) is 21.3. The number of nitrogens with one attached hydrogen (secondary N) is 2. The van der Waals surface area contributed by atoms with Crippen LogP contribution in [0.3, 0.4) is 0 Å². The largest absolute Gasteiger partial charge is 0.337 e. The van der Waals surface area contributed by atoms with Gasteiger partial charge in [0.2, 0.25) is 5.91 Å². The fourth-order valence-corrected chi connectivity index (χ4v) is 3.45. The molecule has 4 rings (SSSR count). The minimum Gasteiger partial charge on any atom is -0.337 e. The average molecular weight is 445 g/mol. The van der Waals surface area contributed by atoms with Crippen LogP contribution >= 0.6 is 11.6 Å². The Morgan fingerprint density at radius 3 is 2.47 bits per heavy atom. The Bertz CT molecular complexity index is 1290. The molecule has 0 atom stereocenters. The van der Waals surface area contributed by atoms with E-state index in [1.54, 1.807) is 30.5 Å². The summed E-state index contributed by atoms with van der Waals surface area (Å²) in [4.78, 5) is 24.8. The lowest BCUT2D eigenvalue weighted by atomic mass is 10.2. The highest BCUT2D eigenvalue weighted by Gasteiger charge is 2.11. The van der Waals surface area contributed by atoms with E-state index in [-0.39, 0.29) is 18.4 Å². The fourth-order valence-electron chi connectivity index (χ4n) is 3.33. The molecule has 0 aliphatic rings. The van der Waals surface area contributed by atoms with Crippen molar-refractivity contribution in [3.05, 3.63) is 101 Å². The molecule has 0 aliphatic carbocycles. The van der Waals surface area contributed by atoms with Gasteiger partial charge in [0.05, 0.1) is 6.21 Å². The fraction of sp³-hybridized carbons (Fsp3) is 0.0800. The highest BCUT2D eigenvalue weighted by atomic mass is 35.5. The van der Waals surface area contributed by atoms with Crippen LogP contribution in [0.25, 0.3) is 10.9 Å². The Kier molecular flexibility index (Phi) is 6.33. The molecule has 0 unspecified atom stereocenters. The topological polar surface area (TPSA) is 75.5 Å². The first-order chi connectivity index (χ1) is 15.5. The number of aromatic nitrogens is 1. The van der Waals surface area contributed by atoms with Crippen LogP contribution in [0.1, 0.15) is 21.5 Å². The van der Waals surface area contributed by atoms with Gasteiger partial charge in [-0.05, 0) is 49.4 Å². The molecule has 0 fully saturated rings. The number of nitrogens with zero attached hydrogens (tertiary/aromatic N) is 2. The van der Waals surface area contributed by atoms with Gasteiger partial charge in [-0.15, -0.1) is 0 Å². The normalized spacial score (nSPS) is 11.1. The van der Waals surface area contributed by atoms with Crippen LogP contribution in [-0.4, -0.2) is 22.6 Å². The van der Waals surface area contributed by atoms with Gasteiger partial charge in [-0.25, -0.2) is 5.43 Å². The number of halogens is 1. The summed E-state index contributed by atoms with van der Waals surface area (Å²) >= 11 is 5.85. The Morgan fingerprint density at radius 2 is 1.72 bits per heavy atom. The molecule has 3 aromatic carbocycles. The number of hydrogen-bond donors (Lipinski definition) is 2. The lowest BCUT2D eigenvalue weighted by molar-refractivity contribution is -0.116. The van der Waals surface area contributed by atoms with Gasteiger partial charge in [-0.1, -0.05) is 47.5 Å². The van der Waals surface area contributed by atoms with E-state index in [2.05, 4.69) is 15.8 Å². The molecule has 1 aromatic heterocycles. The van der Waals surface area contributed by atoms with E-state index < -0.39 is 0 Å². The van der Waals surface area contributed by atoms with Gasteiger partial charge in [0.25, 0.3) is 5.91 Å². The van der Waals surface area contributed by atoms with Gasteiger partial charge in [0.15, 0.2) is 0 Å². The van der Waals surface area contributed by atoms with Gasteiger partial charge in [0.1, 0.15) is 6.54 Å². The monoisotopic (exact) mass is 444 g/mol. The van der Waals surface area contributed by atoms with Crippen LogP contribution in [0.4, 0.5) is 5.69 Å². The zero-order valence-corrected chi connectivity index (χ0v) is 18.1. The maximum Gasteiger partial charge on any atom is 0.271 e. The van der Waals surface area contributed by atoms with E-state index in [0.717, 1.165) is 27.7 Å². The SMILES string of the molecule is Cc1ccc(NC(=O)Cn2cc(/C=N\NC(=O)c3ccc(Cl)cc3)c3ccccc32)cc1. The quantitative estimate of drug-likeness (QED) is 0.324. The van der Waals surface area contributed by atoms with Crippen LogP contribution < -0.4 is 10.7 Å². The van der Waals surface area contributed by atoms with Crippen LogP contribution in [-0.2, 0) is 11.3 Å². The third-order valence-electron chi connectivity index (χ3n) is 4.94. The molecule has 0 spiro atoms. The van der Waals surface area contributed by atoms with E-state index >= 15 is 0 Å². The maximum atomic E-state index is 12.6. The minimum atomic E-state index is -0.334. The van der Waals surface area contributed by atoms with Gasteiger partial charge >= 0.3 is 0 Å². The zero-order chi connectivity index (χ0) is 22.5. The highest BCUT2D eigenvalue weighted by molar-refractivity contribution is 6.30. The molecule has 0 saturated carbocycles. The first-order valence-corrected chi connectivity index (χ1v) is 10.4. The van der Waals surface area contributed by atoms with Crippen LogP contribution in [0.2, 0.25) is 5.02 Å². The molecule has 0 bridgehead atoms. The number of hydrogen-bond acceptors (Lipinski definition) is 3. The summed E-state index contributed by atoms with van der Waals surface area (Å²) in [6, 6.07) is 21.9. The highest BCUT2D eigenvalue weighted by Crippen LogP contribution is 2.20. The lowest BCUT2D eigenvalue weighted by Crippen LogP contribution is -2.18. The average Bonchev–Trinajstić information content (AvgIpc) is 3.13. The van der Waals surface area contributed by atoms with Gasteiger partial charge in [-0.2, -0.15) is 5.10 Å². The van der Waals surface area contributed by atoms with Gasteiger partial charge in [-0.3, -0.25) is 9.59 Å². The van der Waals surface area contributed by atoms with E-state index in [4.69, 9.17) is 11.6 Å². The van der Waals surface area contributed by atoms with Crippen molar-refractivity contribution in [2.45, 2.75) is 13.5 Å². The standard InChI is InChI=1S/C25H21ClN4O2/c1-17-6-12-21(13-7-17)28-24(31)16-30-15-19(22-4-2-3-5-23(22)30)14-27-29-25(32)18-8-10-20(26)11-9-18/h2-15H,16H2,1H3,(H,28,31)(H,29,32)/b27-14-. The molecule has 1 heterocycles.